The first-order valence-electron chi connectivity index (χ1n) is 5.80. The molecule has 1 aliphatic heterocycles. The van der Waals surface area contributed by atoms with Crippen molar-refractivity contribution in [2.75, 3.05) is 26.7 Å². The summed E-state index contributed by atoms with van der Waals surface area (Å²) in [5.74, 6) is -0.927. The Morgan fingerprint density at radius 3 is 3.00 bits per heavy atom. The van der Waals surface area contributed by atoms with Gasteiger partial charge in [-0.3, -0.25) is 4.90 Å². The Morgan fingerprint density at radius 2 is 2.35 bits per heavy atom. The van der Waals surface area contributed by atoms with E-state index in [4.69, 9.17) is 9.52 Å². The molecule has 1 unspecified atom stereocenters. The molecule has 1 aromatic heterocycles. The van der Waals surface area contributed by atoms with Crippen molar-refractivity contribution in [2.45, 2.75) is 19.5 Å². The molecule has 1 aromatic rings. The number of carboxylic acids is 1. The first-order valence-corrected chi connectivity index (χ1v) is 5.80. The van der Waals surface area contributed by atoms with Crippen LogP contribution in [0.1, 0.15) is 23.0 Å². The average Bonchev–Trinajstić information content (AvgIpc) is 2.72. The monoisotopic (exact) mass is 238 g/mol. The number of piperazine rings is 1. The minimum absolute atomic E-state index is 0.0663. The van der Waals surface area contributed by atoms with Gasteiger partial charge in [0.15, 0.2) is 0 Å². The largest absolute Gasteiger partial charge is 0.475 e. The van der Waals surface area contributed by atoms with Gasteiger partial charge in [0, 0.05) is 37.8 Å². The molecule has 0 spiro atoms. The van der Waals surface area contributed by atoms with Gasteiger partial charge >= 0.3 is 5.97 Å². The van der Waals surface area contributed by atoms with Gasteiger partial charge < -0.3 is 14.4 Å². The highest BCUT2D eigenvalue weighted by Gasteiger charge is 2.23. The van der Waals surface area contributed by atoms with Gasteiger partial charge in [-0.15, -0.1) is 0 Å². The Balaban J connectivity index is 2.01. The highest BCUT2D eigenvalue weighted by Crippen LogP contribution is 2.16. The second-order valence-corrected chi connectivity index (χ2v) is 4.64. The van der Waals surface area contributed by atoms with Gasteiger partial charge in [0.2, 0.25) is 5.76 Å². The number of nitrogens with zero attached hydrogens (tertiary/aromatic N) is 2. The molecule has 2 heterocycles. The summed E-state index contributed by atoms with van der Waals surface area (Å²) in [5.41, 5.74) is 0.759. The fourth-order valence-corrected chi connectivity index (χ4v) is 2.16. The zero-order valence-corrected chi connectivity index (χ0v) is 10.2. The van der Waals surface area contributed by atoms with E-state index in [1.807, 2.05) is 0 Å². The molecule has 0 aromatic carbocycles. The molecule has 1 N–H and O–H groups in total. The van der Waals surface area contributed by atoms with Gasteiger partial charge in [0.05, 0.1) is 6.26 Å². The van der Waals surface area contributed by atoms with E-state index >= 15 is 0 Å². The number of rotatable bonds is 3. The van der Waals surface area contributed by atoms with Crippen LogP contribution in [-0.4, -0.2) is 53.6 Å². The molecule has 1 aliphatic rings. The molecule has 17 heavy (non-hydrogen) atoms. The van der Waals surface area contributed by atoms with Crippen molar-refractivity contribution in [3.05, 3.63) is 23.7 Å². The van der Waals surface area contributed by atoms with E-state index in [0.29, 0.717) is 12.6 Å². The maximum absolute atomic E-state index is 10.9. The minimum Gasteiger partial charge on any atom is -0.475 e. The lowest BCUT2D eigenvalue weighted by Gasteiger charge is -2.37. The molecular formula is C12H18N2O3. The summed E-state index contributed by atoms with van der Waals surface area (Å²) in [6.45, 7) is 5.77. The summed E-state index contributed by atoms with van der Waals surface area (Å²) < 4.78 is 4.98. The van der Waals surface area contributed by atoms with Crippen LogP contribution in [0.4, 0.5) is 0 Å². The third-order valence-electron chi connectivity index (χ3n) is 3.38. The number of carbonyl (C=O) groups is 1. The summed E-state index contributed by atoms with van der Waals surface area (Å²) in [6, 6.07) is 2.25. The highest BCUT2D eigenvalue weighted by atomic mass is 16.4. The minimum atomic E-state index is -0.993. The molecule has 0 bridgehead atoms. The van der Waals surface area contributed by atoms with Gasteiger partial charge in [-0.25, -0.2) is 4.79 Å². The number of aromatic carboxylic acids is 1. The van der Waals surface area contributed by atoms with E-state index in [0.717, 1.165) is 25.2 Å². The molecule has 0 amide bonds. The van der Waals surface area contributed by atoms with Crippen LogP contribution >= 0.6 is 0 Å². The Bertz CT molecular complexity index is 402. The van der Waals surface area contributed by atoms with Crippen molar-refractivity contribution in [1.82, 2.24) is 9.80 Å². The summed E-state index contributed by atoms with van der Waals surface area (Å²) in [4.78, 5) is 15.5. The third-order valence-corrected chi connectivity index (χ3v) is 3.38. The summed E-state index contributed by atoms with van der Waals surface area (Å²) in [7, 11) is 2.11. The summed E-state index contributed by atoms with van der Waals surface area (Å²) in [6.07, 6.45) is 1.44. The van der Waals surface area contributed by atoms with Gasteiger partial charge in [-0.1, -0.05) is 0 Å². The maximum atomic E-state index is 10.9. The first-order chi connectivity index (χ1) is 8.08. The predicted molar refractivity (Wildman–Crippen MR) is 63.0 cm³/mol. The van der Waals surface area contributed by atoms with E-state index in [9.17, 15) is 4.79 Å². The van der Waals surface area contributed by atoms with Crippen molar-refractivity contribution < 1.29 is 14.3 Å². The first kappa shape index (κ1) is 12.1. The van der Waals surface area contributed by atoms with Crippen molar-refractivity contribution in [3.63, 3.8) is 0 Å². The lowest BCUT2D eigenvalue weighted by Crippen LogP contribution is -2.49. The van der Waals surface area contributed by atoms with E-state index in [1.165, 1.54) is 6.26 Å². The lowest BCUT2D eigenvalue weighted by molar-refractivity contribution is 0.0654. The quantitative estimate of drug-likeness (QED) is 0.855. The van der Waals surface area contributed by atoms with Crippen LogP contribution in [-0.2, 0) is 6.54 Å². The molecule has 94 valence electrons. The Kier molecular flexibility index (Phi) is 3.49. The second kappa shape index (κ2) is 4.89. The topological polar surface area (TPSA) is 56.9 Å². The number of carboxylic acid groups (broad SMARTS) is 1. The second-order valence-electron chi connectivity index (χ2n) is 4.64. The van der Waals surface area contributed by atoms with E-state index in [-0.39, 0.29) is 5.76 Å². The maximum Gasteiger partial charge on any atom is 0.372 e. The number of furan rings is 1. The van der Waals surface area contributed by atoms with E-state index in [2.05, 4.69) is 23.8 Å². The van der Waals surface area contributed by atoms with Crippen molar-refractivity contribution in [1.29, 1.82) is 0 Å². The van der Waals surface area contributed by atoms with Crippen LogP contribution in [0.25, 0.3) is 0 Å². The summed E-state index contributed by atoms with van der Waals surface area (Å²) >= 11 is 0. The van der Waals surface area contributed by atoms with Gasteiger partial charge in [-0.05, 0) is 20.0 Å². The zero-order valence-electron chi connectivity index (χ0n) is 10.2. The van der Waals surface area contributed by atoms with Crippen LogP contribution in [0, 0.1) is 0 Å². The lowest BCUT2D eigenvalue weighted by atomic mass is 10.1. The average molecular weight is 238 g/mol. The standard InChI is InChI=1S/C12H18N2O3/c1-9-7-14(5-4-13(9)2)8-10-3-6-17-11(10)12(15)16/h3,6,9H,4-5,7-8H2,1-2H3,(H,15,16). The molecule has 1 atom stereocenters. The van der Waals surface area contributed by atoms with Gasteiger partial charge in [-0.2, -0.15) is 0 Å². The predicted octanol–water partition coefficient (Wildman–Crippen LogP) is 1.11. The molecule has 1 saturated heterocycles. The van der Waals surface area contributed by atoms with E-state index < -0.39 is 5.97 Å². The Hall–Kier alpha value is -1.33. The van der Waals surface area contributed by atoms with Crippen LogP contribution in [0.5, 0.6) is 0 Å². The smallest absolute Gasteiger partial charge is 0.372 e. The van der Waals surface area contributed by atoms with Crippen molar-refractivity contribution in [3.8, 4) is 0 Å². The Labute approximate surface area is 101 Å². The molecule has 0 radical (unpaired) electrons. The molecule has 5 nitrogen and oxygen atoms in total. The van der Waals surface area contributed by atoms with Crippen LogP contribution < -0.4 is 0 Å². The van der Waals surface area contributed by atoms with Crippen LogP contribution in [0.15, 0.2) is 16.7 Å². The normalized spacial score (nSPS) is 22.8. The fourth-order valence-electron chi connectivity index (χ4n) is 2.16. The van der Waals surface area contributed by atoms with Crippen molar-refractivity contribution >= 4 is 5.97 Å². The van der Waals surface area contributed by atoms with Crippen LogP contribution in [0.3, 0.4) is 0 Å². The number of hydrogen-bond acceptors (Lipinski definition) is 4. The molecule has 5 heteroatoms. The van der Waals surface area contributed by atoms with Gasteiger partial charge in [0.25, 0.3) is 0 Å². The SMILES string of the molecule is CC1CN(Cc2ccoc2C(=O)O)CCN1C. The highest BCUT2D eigenvalue weighted by molar-refractivity contribution is 5.86. The van der Waals surface area contributed by atoms with Crippen molar-refractivity contribution in [2.24, 2.45) is 0 Å². The van der Waals surface area contributed by atoms with Gasteiger partial charge in [0.1, 0.15) is 0 Å². The fraction of sp³-hybridized carbons (Fsp3) is 0.583. The number of hydrogen-bond donors (Lipinski definition) is 1. The number of likely N-dealkylation sites (N-methyl/N-ethyl adjacent to an activating group) is 1. The summed E-state index contributed by atoms with van der Waals surface area (Å²) in [5, 5.41) is 8.96. The molecule has 2 rings (SSSR count). The van der Waals surface area contributed by atoms with E-state index in [1.54, 1.807) is 6.07 Å². The molecule has 0 saturated carbocycles. The Morgan fingerprint density at radius 1 is 1.59 bits per heavy atom. The molecule has 1 fully saturated rings. The molecule has 0 aliphatic carbocycles. The third kappa shape index (κ3) is 2.68. The zero-order chi connectivity index (χ0) is 12.4. The van der Waals surface area contributed by atoms with Crippen LogP contribution in [0.2, 0.25) is 0 Å². The molecular weight excluding hydrogens is 220 g/mol.